The third-order valence-corrected chi connectivity index (χ3v) is 3.21. The molecule has 0 aliphatic carbocycles. The number of amides is 1. The van der Waals surface area contributed by atoms with Crippen LogP contribution in [0.2, 0.25) is 0 Å². The summed E-state index contributed by atoms with van der Waals surface area (Å²) in [4.78, 5) is 24.2. The lowest BCUT2D eigenvalue weighted by atomic mass is 10.1. The summed E-state index contributed by atoms with van der Waals surface area (Å²) in [5.74, 6) is -1.07. The average molecular weight is 263 g/mol. The van der Waals surface area contributed by atoms with Crippen LogP contribution in [-0.4, -0.2) is 36.1 Å². The van der Waals surface area contributed by atoms with Crippen molar-refractivity contribution in [3.8, 4) is 0 Å². The molecule has 0 saturated carbocycles. The van der Waals surface area contributed by atoms with E-state index in [1.54, 1.807) is 18.2 Å². The second kappa shape index (κ2) is 5.17. The number of nitrogens with one attached hydrogen (secondary N) is 1. The molecule has 0 bridgehead atoms. The molecule has 102 valence electrons. The number of carboxylic acids is 1. The number of carbonyl (C=O) groups excluding carboxylic acids is 1. The van der Waals surface area contributed by atoms with Gasteiger partial charge in [-0.2, -0.15) is 0 Å². The molecule has 1 aromatic carbocycles. The van der Waals surface area contributed by atoms with Crippen LogP contribution in [0.15, 0.2) is 18.2 Å². The first-order valence-corrected chi connectivity index (χ1v) is 6.13. The van der Waals surface area contributed by atoms with Crippen molar-refractivity contribution in [2.24, 2.45) is 0 Å². The molecular formula is C13H17N3O3. The molecule has 2 rings (SSSR count). The molecule has 19 heavy (non-hydrogen) atoms. The first-order valence-electron chi connectivity index (χ1n) is 6.13. The second-order valence-corrected chi connectivity index (χ2v) is 4.68. The number of nitrogens with zero attached hydrogens (tertiary/aromatic N) is 1. The molecule has 1 amide bonds. The van der Waals surface area contributed by atoms with Crippen molar-refractivity contribution in [2.75, 3.05) is 23.7 Å². The number of anilines is 2. The topological polar surface area (TPSA) is 95.7 Å². The zero-order valence-corrected chi connectivity index (χ0v) is 10.7. The molecule has 1 aliphatic heterocycles. The Bertz CT molecular complexity index is 516. The van der Waals surface area contributed by atoms with Gasteiger partial charge >= 0.3 is 5.97 Å². The van der Waals surface area contributed by atoms with Gasteiger partial charge in [-0.05, 0) is 18.6 Å². The van der Waals surface area contributed by atoms with E-state index in [9.17, 15) is 14.7 Å². The summed E-state index contributed by atoms with van der Waals surface area (Å²) in [6.45, 7) is 2.73. The Morgan fingerprint density at radius 3 is 2.84 bits per heavy atom. The lowest BCUT2D eigenvalue weighted by Crippen LogP contribution is -2.36. The van der Waals surface area contributed by atoms with Crippen molar-refractivity contribution in [1.82, 2.24) is 5.32 Å². The minimum atomic E-state index is -0.995. The number of nitrogen functional groups attached to an aromatic ring is 1. The minimum absolute atomic E-state index is 0.0405. The largest absolute Gasteiger partial charge is 0.478 e. The first-order chi connectivity index (χ1) is 8.99. The van der Waals surface area contributed by atoms with E-state index in [0.717, 1.165) is 6.42 Å². The number of carbonyl (C=O) groups is 2. The van der Waals surface area contributed by atoms with Crippen LogP contribution in [0, 0.1) is 0 Å². The molecule has 1 atom stereocenters. The predicted molar refractivity (Wildman–Crippen MR) is 72.2 cm³/mol. The molecule has 1 heterocycles. The molecule has 0 aromatic heterocycles. The van der Waals surface area contributed by atoms with Crippen molar-refractivity contribution >= 4 is 23.3 Å². The van der Waals surface area contributed by atoms with Gasteiger partial charge in [0.1, 0.15) is 0 Å². The average Bonchev–Trinajstić information content (AvgIpc) is 2.75. The summed E-state index contributed by atoms with van der Waals surface area (Å²) >= 11 is 0. The number of carboxylic acid groups (broad SMARTS) is 1. The maximum absolute atomic E-state index is 11.2. The molecule has 6 heteroatoms. The lowest BCUT2D eigenvalue weighted by molar-refractivity contribution is -0.119. The van der Waals surface area contributed by atoms with E-state index in [4.69, 9.17) is 5.73 Å². The normalized spacial score (nSPS) is 18.4. The van der Waals surface area contributed by atoms with E-state index in [0.29, 0.717) is 24.5 Å². The number of para-hydroxylation sites is 1. The highest BCUT2D eigenvalue weighted by Gasteiger charge is 2.27. The Kier molecular flexibility index (Phi) is 3.59. The van der Waals surface area contributed by atoms with E-state index in [2.05, 4.69) is 5.32 Å². The van der Waals surface area contributed by atoms with Crippen LogP contribution < -0.4 is 16.0 Å². The first kappa shape index (κ1) is 13.2. The van der Waals surface area contributed by atoms with E-state index < -0.39 is 5.97 Å². The van der Waals surface area contributed by atoms with E-state index in [-0.39, 0.29) is 17.5 Å². The maximum Gasteiger partial charge on any atom is 0.337 e. The molecule has 0 spiro atoms. The number of aromatic carboxylic acids is 1. The van der Waals surface area contributed by atoms with Gasteiger partial charge in [0.25, 0.3) is 0 Å². The third kappa shape index (κ3) is 2.78. The summed E-state index contributed by atoms with van der Waals surface area (Å²) in [5.41, 5.74) is 7.08. The second-order valence-electron chi connectivity index (χ2n) is 4.68. The Hall–Kier alpha value is -2.24. The van der Waals surface area contributed by atoms with E-state index in [1.807, 2.05) is 4.90 Å². The van der Waals surface area contributed by atoms with Crippen LogP contribution in [0.25, 0.3) is 0 Å². The number of hydrogen-bond acceptors (Lipinski definition) is 4. The fourth-order valence-electron chi connectivity index (χ4n) is 2.46. The SMILES string of the molecule is CC(=O)NC1CCN(c2c(N)cccc2C(=O)O)C1. The van der Waals surface area contributed by atoms with E-state index >= 15 is 0 Å². The Labute approximate surface area is 111 Å². The van der Waals surface area contributed by atoms with Crippen LogP contribution in [0.3, 0.4) is 0 Å². The number of nitrogens with two attached hydrogens (primary N) is 1. The van der Waals surface area contributed by atoms with E-state index in [1.165, 1.54) is 6.92 Å². The Morgan fingerprint density at radius 1 is 1.47 bits per heavy atom. The minimum Gasteiger partial charge on any atom is -0.478 e. The highest BCUT2D eigenvalue weighted by atomic mass is 16.4. The fourth-order valence-corrected chi connectivity index (χ4v) is 2.46. The van der Waals surface area contributed by atoms with Crippen LogP contribution in [-0.2, 0) is 4.79 Å². The van der Waals surface area contributed by atoms with Crippen molar-refractivity contribution in [3.63, 3.8) is 0 Å². The summed E-state index contributed by atoms with van der Waals surface area (Å²) < 4.78 is 0. The molecule has 4 N–H and O–H groups in total. The van der Waals surface area contributed by atoms with Crippen molar-refractivity contribution in [2.45, 2.75) is 19.4 Å². The van der Waals surface area contributed by atoms with Crippen molar-refractivity contribution < 1.29 is 14.7 Å². The number of hydrogen-bond donors (Lipinski definition) is 3. The highest BCUT2D eigenvalue weighted by molar-refractivity contribution is 5.98. The van der Waals surface area contributed by atoms with Gasteiger partial charge in [0.05, 0.1) is 16.9 Å². The molecule has 1 aliphatic rings. The lowest BCUT2D eigenvalue weighted by Gasteiger charge is -2.22. The zero-order chi connectivity index (χ0) is 14.0. The van der Waals surface area contributed by atoms with Gasteiger partial charge in [-0.3, -0.25) is 4.79 Å². The smallest absolute Gasteiger partial charge is 0.337 e. The van der Waals surface area contributed by atoms with Gasteiger partial charge < -0.3 is 21.1 Å². The van der Waals surface area contributed by atoms with Crippen molar-refractivity contribution in [1.29, 1.82) is 0 Å². The Balaban J connectivity index is 2.24. The van der Waals surface area contributed by atoms with Gasteiger partial charge in [-0.25, -0.2) is 4.79 Å². The third-order valence-electron chi connectivity index (χ3n) is 3.21. The molecule has 1 fully saturated rings. The molecular weight excluding hydrogens is 246 g/mol. The van der Waals surface area contributed by atoms with Gasteiger partial charge in [0, 0.05) is 26.1 Å². The highest BCUT2D eigenvalue weighted by Crippen LogP contribution is 2.30. The van der Waals surface area contributed by atoms with Crippen LogP contribution in [0.5, 0.6) is 0 Å². The molecule has 1 unspecified atom stereocenters. The van der Waals surface area contributed by atoms with Gasteiger partial charge in [-0.1, -0.05) is 6.07 Å². The number of benzene rings is 1. The number of rotatable bonds is 3. The summed E-state index contributed by atoms with van der Waals surface area (Å²) in [5, 5.41) is 12.1. The molecule has 1 saturated heterocycles. The molecule has 6 nitrogen and oxygen atoms in total. The molecule has 1 aromatic rings. The quantitative estimate of drug-likeness (QED) is 0.697. The van der Waals surface area contributed by atoms with Crippen LogP contribution >= 0.6 is 0 Å². The predicted octanol–water partition coefficient (Wildman–Crippen LogP) is 0.682. The summed E-state index contributed by atoms with van der Waals surface area (Å²) in [7, 11) is 0. The van der Waals surface area contributed by atoms with Crippen LogP contribution in [0.4, 0.5) is 11.4 Å². The fraction of sp³-hybridized carbons (Fsp3) is 0.385. The Morgan fingerprint density at radius 2 is 2.21 bits per heavy atom. The standard InChI is InChI=1S/C13H17N3O3/c1-8(17)15-9-5-6-16(7-9)12-10(13(18)19)3-2-4-11(12)14/h2-4,9H,5-7,14H2,1H3,(H,15,17)(H,18,19). The summed E-state index contributed by atoms with van der Waals surface area (Å²) in [6.07, 6.45) is 0.785. The van der Waals surface area contributed by atoms with Crippen molar-refractivity contribution in [3.05, 3.63) is 23.8 Å². The van der Waals surface area contributed by atoms with Crippen LogP contribution in [0.1, 0.15) is 23.7 Å². The molecule has 0 radical (unpaired) electrons. The van der Waals surface area contributed by atoms with Gasteiger partial charge in [0.2, 0.25) is 5.91 Å². The summed E-state index contributed by atoms with van der Waals surface area (Å²) in [6, 6.07) is 4.90. The monoisotopic (exact) mass is 263 g/mol. The maximum atomic E-state index is 11.2. The van der Waals surface area contributed by atoms with Gasteiger partial charge in [0.15, 0.2) is 0 Å². The zero-order valence-electron chi connectivity index (χ0n) is 10.7. The van der Waals surface area contributed by atoms with Gasteiger partial charge in [-0.15, -0.1) is 0 Å².